The highest BCUT2D eigenvalue weighted by Gasteiger charge is 2.22. The van der Waals surface area contributed by atoms with E-state index in [2.05, 4.69) is 28.7 Å². The first kappa shape index (κ1) is 10.7. The van der Waals surface area contributed by atoms with Crippen LogP contribution in [0.4, 0.5) is 0 Å². The van der Waals surface area contributed by atoms with Gasteiger partial charge in [-0.25, -0.2) is 4.98 Å². The number of hydrogen-bond acceptors (Lipinski definition) is 2. The first-order chi connectivity index (χ1) is 7.24. The van der Waals surface area contributed by atoms with Crippen molar-refractivity contribution < 1.29 is 0 Å². The minimum absolute atomic E-state index is 0.537. The van der Waals surface area contributed by atoms with E-state index >= 15 is 0 Å². The third kappa shape index (κ3) is 3.06. The van der Waals surface area contributed by atoms with Crippen molar-refractivity contribution in [1.82, 2.24) is 14.9 Å². The highest BCUT2D eigenvalue weighted by atomic mass is 15.1. The smallest absolute Gasteiger partial charge is 0.0946 e. The molecule has 0 aliphatic heterocycles. The Kier molecular flexibility index (Phi) is 3.41. The predicted molar refractivity (Wildman–Crippen MR) is 61.6 cm³/mol. The molecule has 1 aliphatic rings. The summed E-state index contributed by atoms with van der Waals surface area (Å²) < 4.78 is 2.13. The second-order valence-electron chi connectivity index (χ2n) is 4.94. The predicted octanol–water partition coefficient (Wildman–Crippen LogP) is 2.05. The van der Waals surface area contributed by atoms with Crippen molar-refractivity contribution in [2.75, 3.05) is 0 Å². The van der Waals surface area contributed by atoms with Gasteiger partial charge in [0.25, 0.3) is 0 Å². The zero-order valence-electron chi connectivity index (χ0n) is 9.69. The van der Waals surface area contributed by atoms with Crippen LogP contribution in [0.25, 0.3) is 0 Å². The lowest BCUT2D eigenvalue weighted by atomic mass is 10.1. The Labute approximate surface area is 91.9 Å². The van der Waals surface area contributed by atoms with E-state index in [1.54, 1.807) is 0 Å². The molecule has 84 valence electrons. The molecular weight excluding hydrogens is 186 g/mol. The van der Waals surface area contributed by atoms with Crippen LogP contribution in [0.15, 0.2) is 18.7 Å². The van der Waals surface area contributed by atoms with Crippen LogP contribution in [-0.2, 0) is 6.54 Å². The van der Waals surface area contributed by atoms with E-state index in [0.717, 1.165) is 18.5 Å². The summed E-state index contributed by atoms with van der Waals surface area (Å²) in [7, 11) is 0. The monoisotopic (exact) mass is 207 g/mol. The molecule has 1 heterocycles. The van der Waals surface area contributed by atoms with Gasteiger partial charge in [0.2, 0.25) is 0 Å². The van der Waals surface area contributed by atoms with E-state index < -0.39 is 0 Å². The molecule has 0 amide bonds. The van der Waals surface area contributed by atoms with Crippen LogP contribution in [0.5, 0.6) is 0 Å². The first-order valence-corrected chi connectivity index (χ1v) is 5.96. The van der Waals surface area contributed by atoms with Gasteiger partial charge in [0.05, 0.1) is 6.33 Å². The molecule has 1 N–H and O–H groups in total. The average Bonchev–Trinajstić information content (AvgIpc) is 2.77. The van der Waals surface area contributed by atoms with Crippen LogP contribution in [0.1, 0.15) is 33.1 Å². The van der Waals surface area contributed by atoms with E-state index in [0.29, 0.717) is 6.04 Å². The number of hydrogen-bond donors (Lipinski definition) is 1. The fourth-order valence-electron chi connectivity index (χ4n) is 2.52. The topological polar surface area (TPSA) is 29.9 Å². The van der Waals surface area contributed by atoms with Gasteiger partial charge >= 0.3 is 0 Å². The molecule has 2 rings (SSSR count). The van der Waals surface area contributed by atoms with Crippen LogP contribution >= 0.6 is 0 Å². The SMILES string of the molecule is CC1CCC(NC(C)Cn2ccnc2)C1. The molecule has 0 saturated heterocycles. The summed E-state index contributed by atoms with van der Waals surface area (Å²) in [6.45, 7) is 5.62. The van der Waals surface area contributed by atoms with Gasteiger partial charge in [0, 0.05) is 31.0 Å². The van der Waals surface area contributed by atoms with Crippen LogP contribution in [-0.4, -0.2) is 21.6 Å². The number of nitrogens with one attached hydrogen (secondary N) is 1. The van der Waals surface area contributed by atoms with Gasteiger partial charge in [-0.3, -0.25) is 0 Å². The van der Waals surface area contributed by atoms with Crippen molar-refractivity contribution >= 4 is 0 Å². The van der Waals surface area contributed by atoms with E-state index in [1.165, 1.54) is 19.3 Å². The first-order valence-electron chi connectivity index (χ1n) is 5.96. The summed E-state index contributed by atoms with van der Waals surface area (Å²) in [5.41, 5.74) is 0. The zero-order chi connectivity index (χ0) is 10.7. The van der Waals surface area contributed by atoms with Gasteiger partial charge in [0.1, 0.15) is 0 Å². The number of nitrogens with zero attached hydrogens (tertiary/aromatic N) is 2. The molecule has 3 unspecified atom stereocenters. The molecule has 0 bridgehead atoms. The standard InChI is InChI=1S/C12H21N3/c1-10-3-4-12(7-10)14-11(2)8-15-6-5-13-9-15/h5-6,9-12,14H,3-4,7-8H2,1-2H3. The summed E-state index contributed by atoms with van der Waals surface area (Å²) in [5.74, 6) is 0.906. The van der Waals surface area contributed by atoms with Crippen LogP contribution in [0.2, 0.25) is 0 Å². The Bertz CT molecular complexity index is 281. The Morgan fingerprint density at radius 3 is 3.00 bits per heavy atom. The summed E-state index contributed by atoms with van der Waals surface area (Å²) in [4.78, 5) is 4.05. The fourth-order valence-corrected chi connectivity index (χ4v) is 2.52. The number of aromatic nitrogens is 2. The Morgan fingerprint density at radius 2 is 2.40 bits per heavy atom. The fraction of sp³-hybridized carbons (Fsp3) is 0.750. The van der Waals surface area contributed by atoms with Crippen molar-refractivity contribution in [2.24, 2.45) is 5.92 Å². The third-order valence-corrected chi connectivity index (χ3v) is 3.26. The highest BCUT2D eigenvalue weighted by Crippen LogP contribution is 2.24. The zero-order valence-corrected chi connectivity index (χ0v) is 9.69. The molecule has 1 fully saturated rings. The molecule has 1 aliphatic carbocycles. The maximum atomic E-state index is 4.05. The maximum Gasteiger partial charge on any atom is 0.0946 e. The van der Waals surface area contributed by atoms with Gasteiger partial charge in [-0.2, -0.15) is 0 Å². The molecular formula is C12H21N3. The summed E-state index contributed by atoms with van der Waals surface area (Å²) in [5, 5.41) is 3.70. The van der Waals surface area contributed by atoms with Crippen molar-refractivity contribution in [1.29, 1.82) is 0 Å². The van der Waals surface area contributed by atoms with Crippen LogP contribution < -0.4 is 5.32 Å². The van der Waals surface area contributed by atoms with Crippen molar-refractivity contribution in [3.05, 3.63) is 18.7 Å². The normalized spacial score (nSPS) is 28.1. The quantitative estimate of drug-likeness (QED) is 0.819. The van der Waals surface area contributed by atoms with Crippen molar-refractivity contribution in [3.8, 4) is 0 Å². The van der Waals surface area contributed by atoms with Gasteiger partial charge in [-0.05, 0) is 32.1 Å². The van der Waals surface area contributed by atoms with Gasteiger partial charge < -0.3 is 9.88 Å². The number of imidazole rings is 1. The molecule has 3 atom stereocenters. The molecule has 0 spiro atoms. The van der Waals surface area contributed by atoms with E-state index in [4.69, 9.17) is 0 Å². The Hall–Kier alpha value is -0.830. The Morgan fingerprint density at radius 1 is 1.53 bits per heavy atom. The molecule has 1 aromatic rings. The van der Waals surface area contributed by atoms with E-state index in [1.807, 2.05) is 18.7 Å². The third-order valence-electron chi connectivity index (χ3n) is 3.26. The van der Waals surface area contributed by atoms with Crippen molar-refractivity contribution in [2.45, 2.75) is 51.7 Å². The largest absolute Gasteiger partial charge is 0.336 e. The minimum atomic E-state index is 0.537. The van der Waals surface area contributed by atoms with Gasteiger partial charge in [-0.15, -0.1) is 0 Å². The molecule has 1 saturated carbocycles. The van der Waals surface area contributed by atoms with Crippen LogP contribution in [0.3, 0.4) is 0 Å². The molecule has 0 aromatic carbocycles. The summed E-state index contributed by atoms with van der Waals surface area (Å²) in [6, 6.07) is 1.27. The van der Waals surface area contributed by atoms with Gasteiger partial charge in [-0.1, -0.05) is 6.92 Å². The molecule has 3 nitrogen and oxygen atoms in total. The second kappa shape index (κ2) is 4.79. The average molecular weight is 207 g/mol. The molecule has 15 heavy (non-hydrogen) atoms. The lowest BCUT2D eigenvalue weighted by Gasteiger charge is -2.19. The summed E-state index contributed by atoms with van der Waals surface area (Å²) >= 11 is 0. The lowest BCUT2D eigenvalue weighted by Crippen LogP contribution is -2.37. The van der Waals surface area contributed by atoms with E-state index in [9.17, 15) is 0 Å². The number of rotatable bonds is 4. The molecule has 3 heteroatoms. The summed E-state index contributed by atoms with van der Waals surface area (Å²) in [6.07, 6.45) is 9.81. The van der Waals surface area contributed by atoms with E-state index in [-0.39, 0.29) is 0 Å². The van der Waals surface area contributed by atoms with Gasteiger partial charge in [0.15, 0.2) is 0 Å². The Balaban J connectivity index is 1.75. The van der Waals surface area contributed by atoms with Crippen molar-refractivity contribution in [3.63, 3.8) is 0 Å². The minimum Gasteiger partial charge on any atom is -0.336 e. The van der Waals surface area contributed by atoms with Crippen LogP contribution in [0, 0.1) is 5.92 Å². The molecule has 1 aromatic heterocycles. The second-order valence-corrected chi connectivity index (χ2v) is 4.94. The lowest BCUT2D eigenvalue weighted by molar-refractivity contribution is 0.404. The molecule has 0 radical (unpaired) electrons. The highest BCUT2D eigenvalue weighted by molar-refractivity contribution is 4.82. The maximum absolute atomic E-state index is 4.05.